The van der Waals surface area contributed by atoms with Gasteiger partial charge in [-0.1, -0.05) is 19.0 Å². The van der Waals surface area contributed by atoms with E-state index in [1.807, 2.05) is 24.9 Å². The van der Waals surface area contributed by atoms with Crippen molar-refractivity contribution in [2.45, 2.75) is 51.5 Å². The lowest BCUT2D eigenvalue weighted by molar-refractivity contribution is 0.151. The number of rotatable bonds is 5. The maximum absolute atomic E-state index is 12.5. The molecule has 0 aliphatic carbocycles. The number of amides is 2. The smallest absolute Gasteiger partial charge is 0.317 e. The van der Waals surface area contributed by atoms with Gasteiger partial charge in [-0.05, 0) is 19.3 Å². The molecule has 2 amide bonds. The minimum atomic E-state index is -0.0514. The molecule has 1 fully saturated rings. The molecule has 2 aromatic rings. The van der Waals surface area contributed by atoms with Crippen LogP contribution in [0.4, 0.5) is 4.79 Å². The first-order valence-corrected chi connectivity index (χ1v) is 8.50. The minimum absolute atomic E-state index is 0.0514. The van der Waals surface area contributed by atoms with Crippen molar-refractivity contribution in [1.29, 1.82) is 0 Å². The Morgan fingerprint density at radius 3 is 3.08 bits per heavy atom. The fraction of sp³-hybridized carbons (Fsp3) is 0.625. The van der Waals surface area contributed by atoms with Crippen molar-refractivity contribution in [3.8, 4) is 0 Å². The number of nitrogens with zero attached hydrogens (tertiary/aromatic N) is 4. The Bertz CT molecular complexity index is 651. The molecule has 8 nitrogen and oxygen atoms in total. The van der Waals surface area contributed by atoms with Crippen LogP contribution < -0.4 is 5.32 Å². The van der Waals surface area contributed by atoms with E-state index >= 15 is 0 Å². The van der Waals surface area contributed by atoms with E-state index in [1.165, 1.54) is 0 Å². The van der Waals surface area contributed by atoms with E-state index in [1.54, 1.807) is 6.20 Å². The summed E-state index contributed by atoms with van der Waals surface area (Å²) in [4.78, 5) is 18.7. The monoisotopic (exact) mass is 332 g/mol. The van der Waals surface area contributed by atoms with Crippen molar-refractivity contribution < 1.29 is 9.32 Å². The number of carbonyl (C=O) groups is 1. The van der Waals surface area contributed by atoms with Crippen LogP contribution in [-0.4, -0.2) is 44.4 Å². The Labute approximate surface area is 141 Å². The number of nitrogens with one attached hydrogen (secondary N) is 2. The highest BCUT2D eigenvalue weighted by Gasteiger charge is 2.28. The lowest BCUT2D eigenvalue weighted by Crippen LogP contribution is -2.45. The second-order valence-electron chi connectivity index (χ2n) is 6.42. The summed E-state index contributed by atoms with van der Waals surface area (Å²) in [6.45, 7) is 5.28. The molecule has 2 N–H and O–H groups in total. The molecular formula is C16H24N6O2. The molecule has 3 heterocycles. The third-order valence-electron chi connectivity index (χ3n) is 4.28. The van der Waals surface area contributed by atoms with Gasteiger partial charge in [0, 0.05) is 37.2 Å². The molecule has 24 heavy (non-hydrogen) atoms. The van der Waals surface area contributed by atoms with E-state index in [-0.39, 0.29) is 18.0 Å². The van der Waals surface area contributed by atoms with E-state index in [0.29, 0.717) is 24.7 Å². The standard InChI is InChI=1S/C16H24N6O2/c1-11(2)15-20-14(24-21-15)6-7-17-16(23)22-8-4-3-5-13(22)12-9-18-19-10-12/h9-11,13H,3-8H2,1-2H3,(H,17,23)(H,18,19)/t13-/m1/s1. The van der Waals surface area contributed by atoms with Gasteiger partial charge < -0.3 is 14.7 Å². The number of carbonyl (C=O) groups excluding carboxylic acids is 1. The number of aromatic nitrogens is 4. The van der Waals surface area contributed by atoms with Crippen molar-refractivity contribution in [1.82, 2.24) is 30.6 Å². The lowest BCUT2D eigenvalue weighted by Gasteiger charge is -2.35. The van der Waals surface area contributed by atoms with Crippen LogP contribution in [0.25, 0.3) is 0 Å². The van der Waals surface area contributed by atoms with Crippen molar-refractivity contribution in [2.75, 3.05) is 13.1 Å². The molecule has 0 bridgehead atoms. The molecule has 1 aliphatic rings. The summed E-state index contributed by atoms with van der Waals surface area (Å²) in [5.41, 5.74) is 1.06. The van der Waals surface area contributed by atoms with Crippen LogP contribution >= 0.6 is 0 Å². The van der Waals surface area contributed by atoms with Gasteiger partial charge in [-0.25, -0.2) is 4.79 Å². The number of urea groups is 1. The fourth-order valence-corrected chi connectivity index (χ4v) is 2.95. The van der Waals surface area contributed by atoms with Gasteiger partial charge in [0.15, 0.2) is 5.82 Å². The molecule has 0 aromatic carbocycles. The molecule has 2 aromatic heterocycles. The highest BCUT2D eigenvalue weighted by molar-refractivity contribution is 5.74. The zero-order valence-corrected chi connectivity index (χ0v) is 14.2. The highest BCUT2D eigenvalue weighted by atomic mass is 16.5. The normalized spacial score (nSPS) is 18.1. The van der Waals surface area contributed by atoms with Crippen molar-refractivity contribution >= 4 is 6.03 Å². The van der Waals surface area contributed by atoms with Crippen LogP contribution in [0.15, 0.2) is 16.9 Å². The van der Waals surface area contributed by atoms with Gasteiger partial charge in [0.25, 0.3) is 0 Å². The van der Waals surface area contributed by atoms with E-state index < -0.39 is 0 Å². The van der Waals surface area contributed by atoms with Crippen LogP contribution in [0.2, 0.25) is 0 Å². The third-order valence-corrected chi connectivity index (χ3v) is 4.28. The predicted octanol–water partition coefficient (Wildman–Crippen LogP) is 2.40. The first-order valence-electron chi connectivity index (χ1n) is 8.50. The molecule has 8 heteroatoms. The molecular weight excluding hydrogens is 308 g/mol. The molecule has 1 atom stereocenters. The summed E-state index contributed by atoms with van der Waals surface area (Å²) in [6, 6.07) is 0.0398. The zero-order chi connectivity index (χ0) is 16.9. The van der Waals surface area contributed by atoms with Crippen molar-refractivity contribution in [3.63, 3.8) is 0 Å². The highest BCUT2D eigenvalue weighted by Crippen LogP contribution is 2.30. The molecule has 130 valence electrons. The Hall–Kier alpha value is -2.38. The van der Waals surface area contributed by atoms with E-state index in [4.69, 9.17) is 4.52 Å². The van der Waals surface area contributed by atoms with Crippen LogP contribution in [0, 0.1) is 0 Å². The third kappa shape index (κ3) is 3.74. The second kappa shape index (κ2) is 7.46. The fourth-order valence-electron chi connectivity index (χ4n) is 2.95. The maximum Gasteiger partial charge on any atom is 0.317 e. The number of hydrogen-bond donors (Lipinski definition) is 2. The first kappa shape index (κ1) is 16.5. The summed E-state index contributed by atoms with van der Waals surface area (Å²) in [5.74, 6) is 1.50. The summed E-state index contributed by atoms with van der Waals surface area (Å²) >= 11 is 0. The van der Waals surface area contributed by atoms with E-state index in [2.05, 4.69) is 25.7 Å². The Balaban J connectivity index is 1.53. The zero-order valence-electron chi connectivity index (χ0n) is 14.2. The van der Waals surface area contributed by atoms with Gasteiger partial charge in [-0.3, -0.25) is 5.10 Å². The average Bonchev–Trinajstić information content (AvgIpc) is 3.26. The maximum atomic E-state index is 12.5. The largest absolute Gasteiger partial charge is 0.339 e. The van der Waals surface area contributed by atoms with Crippen LogP contribution in [0.5, 0.6) is 0 Å². The lowest BCUT2D eigenvalue weighted by atomic mass is 9.98. The van der Waals surface area contributed by atoms with Gasteiger partial charge >= 0.3 is 6.03 Å². The quantitative estimate of drug-likeness (QED) is 0.875. The van der Waals surface area contributed by atoms with Crippen LogP contribution in [-0.2, 0) is 6.42 Å². The second-order valence-corrected chi connectivity index (χ2v) is 6.42. The first-order chi connectivity index (χ1) is 11.6. The molecule has 1 saturated heterocycles. The summed E-state index contributed by atoms with van der Waals surface area (Å²) < 4.78 is 5.19. The summed E-state index contributed by atoms with van der Waals surface area (Å²) in [7, 11) is 0. The predicted molar refractivity (Wildman–Crippen MR) is 87.4 cm³/mol. The van der Waals surface area contributed by atoms with Gasteiger partial charge in [-0.15, -0.1) is 0 Å². The van der Waals surface area contributed by atoms with Crippen molar-refractivity contribution in [3.05, 3.63) is 29.7 Å². The molecule has 3 rings (SSSR count). The number of hydrogen-bond acceptors (Lipinski definition) is 5. The average molecular weight is 332 g/mol. The molecule has 1 aliphatic heterocycles. The molecule has 0 saturated carbocycles. The van der Waals surface area contributed by atoms with Gasteiger partial charge in [0.1, 0.15) is 0 Å². The number of likely N-dealkylation sites (tertiary alicyclic amines) is 1. The van der Waals surface area contributed by atoms with Gasteiger partial charge in [-0.2, -0.15) is 10.1 Å². The Kier molecular flexibility index (Phi) is 5.12. The summed E-state index contributed by atoms with van der Waals surface area (Å²) in [6.07, 6.45) is 7.32. The van der Waals surface area contributed by atoms with Gasteiger partial charge in [0.05, 0.1) is 12.2 Å². The Morgan fingerprint density at radius 1 is 1.50 bits per heavy atom. The van der Waals surface area contributed by atoms with Crippen molar-refractivity contribution in [2.24, 2.45) is 0 Å². The number of H-pyrrole nitrogens is 1. The number of piperidine rings is 1. The van der Waals surface area contributed by atoms with E-state index in [0.717, 1.165) is 31.4 Å². The molecule has 0 spiro atoms. The molecule has 0 unspecified atom stereocenters. The topological polar surface area (TPSA) is 99.9 Å². The van der Waals surface area contributed by atoms with E-state index in [9.17, 15) is 4.79 Å². The minimum Gasteiger partial charge on any atom is -0.339 e. The Morgan fingerprint density at radius 2 is 2.38 bits per heavy atom. The van der Waals surface area contributed by atoms with Gasteiger partial charge in [0.2, 0.25) is 5.89 Å². The van der Waals surface area contributed by atoms with Crippen LogP contribution in [0.1, 0.15) is 62.3 Å². The SMILES string of the molecule is CC(C)c1noc(CCNC(=O)N2CCCC[C@@H]2c2cn[nH]c2)n1. The molecule has 0 radical (unpaired) electrons. The summed E-state index contributed by atoms with van der Waals surface area (Å²) in [5, 5.41) is 13.7. The number of aromatic amines is 1. The van der Waals surface area contributed by atoms with Crippen LogP contribution in [0.3, 0.4) is 0 Å².